The van der Waals surface area contributed by atoms with E-state index in [2.05, 4.69) is 0 Å². The Morgan fingerprint density at radius 3 is 2.76 bits per heavy atom. The van der Waals surface area contributed by atoms with E-state index in [0.717, 1.165) is 27.7 Å². The summed E-state index contributed by atoms with van der Waals surface area (Å²) >= 11 is 0. The molecule has 0 unspecified atom stereocenters. The van der Waals surface area contributed by atoms with Crippen molar-refractivity contribution in [3.8, 4) is 0 Å². The number of ketones is 1. The fourth-order valence-corrected chi connectivity index (χ4v) is 2.58. The molecule has 0 radical (unpaired) electrons. The summed E-state index contributed by atoms with van der Waals surface area (Å²) in [5, 5.41) is 9.72. The molecular weight excluding hydrogens is 263 g/mol. The van der Waals surface area contributed by atoms with Crippen LogP contribution in [-0.2, 0) is 17.7 Å². The molecule has 1 heterocycles. The molecule has 1 N–H and O–H groups in total. The Morgan fingerprint density at radius 1 is 1.19 bits per heavy atom. The van der Waals surface area contributed by atoms with Crippen molar-refractivity contribution in [1.82, 2.24) is 0 Å². The Labute approximate surface area is 124 Å². The normalized spacial score (nSPS) is 13.4. The first kappa shape index (κ1) is 14.0. The van der Waals surface area contributed by atoms with E-state index < -0.39 is 7.12 Å². The second kappa shape index (κ2) is 5.47. The maximum atomic E-state index is 12.4. The average Bonchev–Trinajstić information content (AvgIpc) is 2.83. The standard InChI is InChI=1S/C17H17BO3/c1-11-3-5-14(7-12(11)2)17(19)9-13-4-6-15-10-21-18(20)16(15)8-13/h3-8,20H,9-10H2,1-2H3. The monoisotopic (exact) mass is 280 g/mol. The number of aryl methyl sites for hydroxylation is 2. The van der Waals surface area contributed by atoms with Gasteiger partial charge in [-0.1, -0.05) is 30.3 Å². The summed E-state index contributed by atoms with van der Waals surface area (Å²) in [5.74, 6) is 0.0893. The Balaban J connectivity index is 1.82. The summed E-state index contributed by atoms with van der Waals surface area (Å²) in [6, 6.07) is 11.5. The summed E-state index contributed by atoms with van der Waals surface area (Å²) in [6.07, 6.45) is 0.336. The van der Waals surface area contributed by atoms with Gasteiger partial charge in [0.15, 0.2) is 5.78 Å². The largest absolute Gasteiger partial charge is 0.491 e. The molecule has 1 aliphatic heterocycles. The third-order valence-corrected chi connectivity index (χ3v) is 4.07. The Kier molecular flexibility index (Phi) is 3.66. The lowest BCUT2D eigenvalue weighted by Gasteiger charge is -2.06. The molecular formula is C17H17BO3. The molecule has 21 heavy (non-hydrogen) atoms. The molecule has 4 heteroatoms. The lowest BCUT2D eigenvalue weighted by molar-refractivity contribution is 0.0993. The van der Waals surface area contributed by atoms with Gasteiger partial charge in [-0.3, -0.25) is 4.79 Å². The minimum atomic E-state index is -0.864. The van der Waals surface area contributed by atoms with Gasteiger partial charge >= 0.3 is 7.12 Å². The van der Waals surface area contributed by atoms with Gasteiger partial charge in [0, 0.05) is 12.0 Å². The number of hydrogen-bond acceptors (Lipinski definition) is 3. The molecule has 2 aromatic rings. The number of hydrogen-bond donors (Lipinski definition) is 1. The number of carbonyl (C=O) groups excluding carboxylic acids is 1. The first-order valence-electron chi connectivity index (χ1n) is 7.06. The van der Waals surface area contributed by atoms with Crippen LogP contribution in [0.5, 0.6) is 0 Å². The zero-order chi connectivity index (χ0) is 15.0. The number of benzene rings is 2. The molecule has 2 aromatic carbocycles. The Bertz CT molecular complexity index is 709. The molecule has 0 atom stereocenters. The number of fused-ring (bicyclic) bond motifs is 1. The highest BCUT2D eigenvalue weighted by molar-refractivity contribution is 6.61. The zero-order valence-electron chi connectivity index (χ0n) is 12.2. The van der Waals surface area contributed by atoms with Crippen molar-refractivity contribution in [2.45, 2.75) is 26.9 Å². The van der Waals surface area contributed by atoms with E-state index >= 15 is 0 Å². The topological polar surface area (TPSA) is 46.5 Å². The van der Waals surface area contributed by atoms with Gasteiger partial charge in [-0.25, -0.2) is 0 Å². The van der Waals surface area contributed by atoms with Crippen LogP contribution in [0.15, 0.2) is 36.4 Å². The van der Waals surface area contributed by atoms with E-state index in [1.54, 1.807) is 0 Å². The fourth-order valence-electron chi connectivity index (χ4n) is 2.58. The summed E-state index contributed by atoms with van der Waals surface area (Å²) in [5.41, 5.74) is 5.71. The Hall–Kier alpha value is -1.91. The second-order valence-electron chi connectivity index (χ2n) is 5.60. The van der Waals surface area contributed by atoms with E-state index in [1.807, 2.05) is 50.2 Å². The molecule has 0 amide bonds. The molecule has 0 aliphatic carbocycles. The van der Waals surface area contributed by atoms with Crippen molar-refractivity contribution in [3.05, 3.63) is 64.2 Å². The van der Waals surface area contributed by atoms with Crippen LogP contribution in [0.2, 0.25) is 0 Å². The van der Waals surface area contributed by atoms with Crippen molar-refractivity contribution in [2.24, 2.45) is 0 Å². The molecule has 3 rings (SSSR count). The van der Waals surface area contributed by atoms with Crippen LogP contribution < -0.4 is 5.46 Å². The highest BCUT2D eigenvalue weighted by Gasteiger charge is 2.27. The average molecular weight is 280 g/mol. The minimum Gasteiger partial charge on any atom is -0.423 e. The molecule has 106 valence electrons. The summed E-state index contributed by atoms with van der Waals surface area (Å²) < 4.78 is 5.17. The lowest BCUT2D eigenvalue weighted by Crippen LogP contribution is -2.28. The number of carbonyl (C=O) groups is 1. The van der Waals surface area contributed by atoms with Crippen LogP contribution in [-0.4, -0.2) is 17.9 Å². The van der Waals surface area contributed by atoms with Crippen LogP contribution in [0.4, 0.5) is 0 Å². The van der Waals surface area contributed by atoms with Crippen LogP contribution in [0.25, 0.3) is 0 Å². The van der Waals surface area contributed by atoms with Crippen molar-refractivity contribution >= 4 is 18.4 Å². The summed E-state index contributed by atoms with van der Waals surface area (Å²) in [6.45, 7) is 4.47. The van der Waals surface area contributed by atoms with Gasteiger partial charge in [0.25, 0.3) is 0 Å². The molecule has 3 nitrogen and oxygen atoms in total. The summed E-state index contributed by atoms with van der Waals surface area (Å²) in [4.78, 5) is 12.4. The van der Waals surface area contributed by atoms with Crippen molar-refractivity contribution in [3.63, 3.8) is 0 Å². The predicted molar refractivity (Wildman–Crippen MR) is 82.8 cm³/mol. The first-order chi connectivity index (χ1) is 10.0. The van der Waals surface area contributed by atoms with E-state index in [1.165, 1.54) is 5.56 Å². The second-order valence-corrected chi connectivity index (χ2v) is 5.60. The van der Waals surface area contributed by atoms with E-state index in [0.29, 0.717) is 13.0 Å². The number of rotatable bonds is 3. The quantitative estimate of drug-likeness (QED) is 0.690. The van der Waals surface area contributed by atoms with Crippen molar-refractivity contribution in [1.29, 1.82) is 0 Å². The van der Waals surface area contributed by atoms with E-state index in [9.17, 15) is 9.82 Å². The van der Waals surface area contributed by atoms with Gasteiger partial charge in [0.2, 0.25) is 0 Å². The third-order valence-electron chi connectivity index (χ3n) is 4.07. The molecule has 0 spiro atoms. The zero-order valence-corrected chi connectivity index (χ0v) is 12.2. The van der Waals surface area contributed by atoms with Crippen LogP contribution in [0.1, 0.15) is 32.6 Å². The maximum absolute atomic E-state index is 12.4. The molecule has 0 aromatic heterocycles. The fraction of sp³-hybridized carbons (Fsp3) is 0.235. The van der Waals surface area contributed by atoms with Crippen LogP contribution >= 0.6 is 0 Å². The van der Waals surface area contributed by atoms with Gasteiger partial charge in [0.1, 0.15) is 0 Å². The molecule has 0 fully saturated rings. The molecule has 0 saturated carbocycles. The van der Waals surface area contributed by atoms with Gasteiger partial charge < -0.3 is 9.68 Å². The van der Waals surface area contributed by atoms with Crippen molar-refractivity contribution in [2.75, 3.05) is 0 Å². The lowest BCUT2D eigenvalue weighted by atomic mass is 9.78. The van der Waals surface area contributed by atoms with Gasteiger partial charge in [0.05, 0.1) is 6.61 Å². The highest BCUT2D eigenvalue weighted by Crippen LogP contribution is 2.15. The predicted octanol–water partition coefficient (Wildman–Crippen LogP) is 1.95. The van der Waals surface area contributed by atoms with Gasteiger partial charge in [-0.05, 0) is 47.6 Å². The highest BCUT2D eigenvalue weighted by atomic mass is 16.5. The third kappa shape index (κ3) is 2.78. The van der Waals surface area contributed by atoms with E-state index in [-0.39, 0.29) is 5.78 Å². The van der Waals surface area contributed by atoms with Crippen LogP contribution in [0.3, 0.4) is 0 Å². The summed E-state index contributed by atoms with van der Waals surface area (Å²) in [7, 11) is -0.864. The Morgan fingerprint density at radius 2 is 2.00 bits per heavy atom. The minimum absolute atomic E-state index is 0.0893. The molecule has 0 saturated heterocycles. The number of Topliss-reactive ketones (excluding diaryl/α,β-unsaturated/α-hetero) is 1. The van der Waals surface area contributed by atoms with Gasteiger partial charge in [-0.15, -0.1) is 0 Å². The van der Waals surface area contributed by atoms with Crippen molar-refractivity contribution < 1.29 is 14.5 Å². The first-order valence-corrected chi connectivity index (χ1v) is 7.06. The van der Waals surface area contributed by atoms with Gasteiger partial charge in [-0.2, -0.15) is 0 Å². The molecule has 1 aliphatic rings. The smallest absolute Gasteiger partial charge is 0.423 e. The van der Waals surface area contributed by atoms with E-state index in [4.69, 9.17) is 4.65 Å². The maximum Gasteiger partial charge on any atom is 0.491 e. The van der Waals surface area contributed by atoms with Crippen LogP contribution in [0, 0.1) is 13.8 Å². The SMILES string of the molecule is Cc1ccc(C(=O)Cc2ccc3c(c2)B(O)OC3)cc1C. The molecule has 0 bridgehead atoms.